The topological polar surface area (TPSA) is 38.1 Å². The highest BCUT2D eigenvalue weighted by Gasteiger charge is 2.35. The molecule has 0 N–H and O–H groups in total. The minimum absolute atomic E-state index is 0.0910. The van der Waals surface area contributed by atoms with Crippen molar-refractivity contribution in [3.63, 3.8) is 0 Å². The number of hydrogen-bond donors (Lipinski definition) is 0. The summed E-state index contributed by atoms with van der Waals surface area (Å²) in [5.41, 5.74) is 4.02. The number of fused-ring (bicyclic) bond motifs is 1. The van der Waals surface area contributed by atoms with Gasteiger partial charge in [0.2, 0.25) is 5.91 Å². The number of carbonyl (C=O) groups is 1. The Hall–Kier alpha value is -2.33. The molecule has 0 unspecified atom stereocenters. The zero-order valence-corrected chi connectivity index (χ0v) is 14.4. The lowest BCUT2D eigenvalue weighted by molar-refractivity contribution is -0.117. The van der Waals surface area contributed by atoms with E-state index in [1.807, 2.05) is 55.3 Å². The molecule has 5 heteroatoms. The van der Waals surface area contributed by atoms with E-state index in [4.69, 9.17) is 16.6 Å². The van der Waals surface area contributed by atoms with E-state index in [9.17, 15) is 4.79 Å². The molecule has 122 valence electrons. The molecule has 0 bridgehead atoms. The lowest BCUT2D eigenvalue weighted by Gasteiger charge is -2.19. The Balaban J connectivity index is 1.71. The second-order valence-corrected chi connectivity index (χ2v) is 6.79. The molecule has 4 rings (SSSR count). The van der Waals surface area contributed by atoms with Gasteiger partial charge in [0, 0.05) is 36.6 Å². The van der Waals surface area contributed by atoms with Gasteiger partial charge < -0.3 is 9.47 Å². The number of anilines is 1. The number of imidazole rings is 1. The predicted octanol–water partition coefficient (Wildman–Crippen LogP) is 4.06. The van der Waals surface area contributed by atoms with Gasteiger partial charge in [0.25, 0.3) is 0 Å². The average molecular weight is 340 g/mol. The SMILES string of the molecule is Cc1ccc(Cl)cc1N1C[C@H](c2nc3ccccc3n2C)CC1=O. The summed E-state index contributed by atoms with van der Waals surface area (Å²) in [5, 5.41) is 0.648. The monoisotopic (exact) mass is 339 g/mol. The molecule has 24 heavy (non-hydrogen) atoms. The molecular formula is C19H18ClN3O. The zero-order chi connectivity index (χ0) is 16.8. The summed E-state index contributed by atoms with van der Waals surface area (Å²) in [7, 11) is 2.02. The van der Waals surface area contributed by atoms with Crippen molar-refractivity contribution in [2.75, 3.05) is 11.4 Å². The maximum Gasteiger partial charge on any atom is 0.227 e. The molecule has 2 aromatic carbocycles. The summed E-state index contributed by atoms with van der Waals surface area (Å²) in [6.45, 7) is 2.64. The molecule has 1 atom stereocenters. The van der Waals surface area contributed by atoms with Crippen LogP contribution in [0.2, 0.25) is 5.02 Å². The minimum atomic E-state index is 0.0910. The van der Waals surface area contributed by atoms with E-state index in [1.165, 1.54) is 0 Å². The lowest BCUT2D eigenvalue weighted by Crippen LogP contribution is -2.25. The fourth-order valence-electron chi connectivity index (χ4n) is 3.52. The number of benzene rings is 2. The fourth-order valence-corrected chi connectivity index (χ4v) is 3.68. The van der Waals surface area contributed by atoms with Gasteiger partial charge in [0.05, 0.1) is 11.0 Å². The largest absolute Gasteiger partial charge is 0.331 e. The number of amides is 1. The van der Waals surface area contributed by atoms with Crippen LogP contribution in [0.25, 0.3) is 11.0 Å². The first-order valence-corrected chi connectivity index (χ1v) is 8.40. The Morgan fingerprint density at radius 1 is 1.21 bits per heavy atom. The van der Waals surface area contributed by atoms with E-state index in [0.717, 1.165) is 28.1 Å². The molecular weight excluding hydrogens is 322 g/mol. The first-order chi connectivity index (χ1) is 11.5. The molecule has 1 aromatic heterocycles. The maximum absolute atomic E-state index is 12.6. The van der Waals surface area contributed by atoms with Gasteiger partial charge >= 0.3 is 0 Å². The molecule has 2 heterocycles. The van der Waals surface area contributed by atoms with Gasteiger partial charge in [-0.15, -0.1) is 0 Å². The molecule has 1 aliphatic heterocycles. The van der Waals surface area contributed by atoms with E-state index in [2.05, 4.69) is 10.6 Å². The van der Waals surface area contributed by atoms with Crippen LogP contribution in [0, 0.1) is 6.92 Å². The third kappa shape index (κ3) is 2.38. The van der Waals surface area contributed by atoms with Crippen LogP contribution in [-0.2, 0) is 11.8 Å². The Kier molecular flexibility index (Phi) is 3.57. The predicted molar refractivity (Wildman–Crippen MR) is 96.6 cm³/mol. The summed E-state index contributed by atoms with van der Waals surface area (Å²) in [4.78, 5) is 19.2. The molecule has 3 aromatic rings. The molecule has 1 amide bonds. The number of para-hydroxylation sites is 2. The smallest absolute Gasteiger partial charge is 0.227 e. The summed E-state index contributed by atoms with van der Waals surface area (Å²) in [6, 6.07) is 13.7. The first-order valence-electron chi connectivity index (χ1n) is 8.02. The van der Waals surface area contributed by atoms with Gasteiger partial charge in [-0.2, -0.15) is 0 Å². The van der Waals surface area contributed by atoms with Crippen molar-refractivity contribution in [3.05, 3.63) is 58.9 Å². The Morgan fingerprint density at radius 3 is 2.79 bits per heavy atom. The van der Waals surface area contributed by atoms with E-state index < -0.39 is 0 Å². The molecule has 0 aliphatic carbocycles. The third-order valence-corrected chi connectivity index (χ3v) is 5.01. The van der Waals surface area contributed by atoms with Crippen molar-refractivity contribution >= 4 is 34.2 Å². The molecule has 0 saturated carbocycles. The van der Waals surface area contributed by atoms with Gasteiger partial charge in [-0.25, -0.2) is 4.98 Å². The van der Waals surface area contributed by atoms with Crippen molar-refractivity contribution in [1.82, 2.24) is 9.55 Å². The van der Waals surface area contributed by atoms with Crippen molar-refractivity contribution in [1.29, 1.82) is 0 Å². The summed E-state index contributed by atoms with van der Waals surface area (Å²) in [6.07, 6.45) is 0.475. The Morgan fingerprint density at radius 2 is 2.00 bits per heavy atom. The number of aromatic nitrogens is 2. The molecule has 1 saturated heterocycles. The van der Waals surface area contributed by atoms with Crippen LogP contribution in [0.1, 0.15) is 23.7 Å². The van der Waals surface area contributed by atoms with Crippen LogP contribution in [0.5, 0.6) is 0 Å². The molecule has 0 radical (unpaired) electrons. The third-order valence-electron chi connectivity index (χ3n) is 4.77. The number of hydrogen-bond acceptors (Lipinski definition) is 2. The van der Waals surface area contributed by atoms with Crippen molar-refractivity contribution in [2.45, 2.75) is 19.3 Å². The number of aryl methyl sites for hydroxylation is 2. The second-order valence-electron chi connectivity index (χ2n) is 6.35. The molecule has 4 nitrogen and oxygen atoms in total. The summed E-state index contributed by atoms with van der Waals surface area (Å²) in [5.74, 6) is 1.18. The van der Waals surface area contributed by atoms with Gasteiger partial charge in [-0.1, -0.05) is 29.8 Å². The van der Waals surface area contributed by atoms with Crippen LogP contribution in [0.3, 0.4) is 0 Å². The highest BCUT2D eigenvalue weighted by atomic mass is 35.5. The maximum atomic E-state index is 12.6. The van der Waals surface area contributed by atoms with Gasteiger partial charge in [-0.3, -0.25) is 4.79 Å². The molecule has 1 fully saturated rings. The minimum Gasteiger partial charge on any atom is -0.331 e. The molecule has 0 spiro atoms. The van der Waals surface area contributed by atoms with E-state index in [0.29, 0.717) is 18.0 Å². The van der Waals surface area contributed by atoms with Crippen molar-refractivity contribution in [3.8, 4) is 0 Å². The van der Waals surface area contributed by atoms with Crippen molar-refractivity contribution < 1.29 is 4.79 Å². The molecule has 1 aliphatic rings. The zero-order valence-electron chi connectivity index (χ0n) is 13.7. The average Bonchev–Trinajstić information content (AvgIpc) is 3.11. The van der Waals surface area contributed by atoms with Crippen LogP contribution >= 0.6 is 11.6 Å². The number of carbonyl (C=O) groups excluding carboxylic acids is 1. The number of halogens is 1. The quantitative estimate of drug-likeness (QED) is 0.706. The fraction of sp³-hybridized carbons (Fsp3) is 0.263. The van der Waals surface area contributed by atoms with Crippen LogP contribution < -0.4 is 4.90 Å². The standard InChI is InChI=1S/C19H18ClN3O/c1-12-7-8-14(20)10-17(12)23-11-13(9-18(23)24)19-21-15-5-3-4-6-16(15)22(19)2/h3-8,10,13H,9,11H2,1-2H3/t13-/m1/s1. The number of rotatable bonds is 2. The highest BCUT2D eigenvalue weighted by Crippen LogP contribution is 2.35. The number of nitrogens with zero attached hydrogens (tertiary/aromatic N) is 3. The van der Waals surface area contributed by atoms with E-state index in [-0.39, 0.29) is 11.8 Å². The van der Waals surface area contributed by atoms with Crippen LogP contribution in [-0.4, -0.2) is 22.0 Å². The van der Waals surface area contributed by atoms with Gasteiger partial charge in [-0.05, 0) is 36.8 Å². The van der Waals surface area contributed by atoms with Gasteiger partial charge in [0.1, 0.15) is 5.82 Å². The van der Waals surface area contributed by atoms with Crippen molar-refractivity contribution in [2.24, 2.45) is 7.05 Å². The normalized spacial score (nSPS) is 17.9. The summed E-state index contributed by atoms with van der Waals surface area (Å²) < 4.78 is 2.10. The first kappa shape index (κ1) is 15.2. The van der Waals surface area contributed by atoms with E-state index in [1.54, 1.807) is 0 Å². The summed E-state index contributed by atoms with van der Waals surface area (Å²) >= 11 is 6.12. The second kappa shape index (κ2) is 5.64. The Labute approximate surface area is 145 Å². The van der Waals surface area contributed by atoms with Gasteiger partial charge in [0.15, 0.2) is 0 Å². The van der Waals surface area contributed by atoms with Crippen LogP contribution in [0.4, 0.5) is 5.69 Å². The lowest BCUT2D eigenvalue weighted by atomic mass is 10.1. The van der Waals surface area contributed by atoms with E-state index >= 15 is 0 Å². The van der Waals surface area contributed by atoms with Crippen LogP contribution in [0.15, 0.2) is 42.5 Å². The Bertz CT molecular complexity index is 947. The highest BCUT2D eigenvalue weighted by molar-refractivity contribution is 6.31.